The van der Waals surface area contributed by atoms with E-state index in [1.165, 1.54) is 16.9 Å². The molecule has 2 aromatic rings. The van der Waals surface area contributed by atoms with Gasteiger partial charge in [0.25, 0.3) is 11.9 Å². The Kier molecular flexibility index (Phi) is 2.94. The van der Waals surface area contributed by atoms with Gasteiger partial charge in [-0.2, -0.15) is 4.68 Å². The molecule has 0 unspecified atom stereocenters. The summed E-state index contributed by atoms with van der Waals surface area (Å²) in [7, 11) is 0. The van der Waals surface area contributed by atoms with E-state index >= 15 is 0 Å². The molecule has 4 N–H and O–H groups in total. The van der Waals surface area contributed by atoms with Crippen LogP contribution in [0.1, 0.15) is 53.9 Å². The molecule has 2 heterocycles. The van der Waals surface area contributed by atoms with Crippen LogP contribution in [0.4, 0.5) is 0 Å². The zero-order valence-corrected chi connectivity index (χ0v) is 11.0. The lowest BCUT2D eigenvalue weighted by atomic mass is 10.3. The first kappa shape index (κ1) is 12.7. The van der Waals surface area contributed by atoms with Gasteiger partial charge in [-0.3, -0.25) is 4.79 Å². The van der Waals surface area contributed by atoms with Crippen molar-refractivity contribution in [2.45, 2.75) is 31.7 Å². The van der Waals surface area contributed by atoms with Gasteiger partial charge >= 0.3 is 0 Å². The molecule has 20 heavy (non-hydrogen) atoms. The fraction of sp³-hybridized carbons (Fsp3) is 0.417. The van der Waals surface area contributed by atoms with Crippen LogP contribution in [0, 0.1) is 0 Å². The highest BCUT2D eigenvalue weighted by atomic mass is 16.1. The number of primary amides is 1. The van der Waals surface area contributed by atoms with E-state index in [0.717, 1.165) is 18.7 Å². The van der Waals surface area contributed by atoms with Crippen molar-refractivity contribution in [2.75, 3.05) is 0 Å². The molecule has 0 radical (unpaired) electrons. The van der Waals surface area contributed by atoms with Gasteiger partial charge in [0.1, 0.15) is 5.69 Å². The first-order chi connectivity index (χ1) is 9.56. The Morgan fingerprint density at radius 1 is 1.45 bits per heavy atom. The molecule has 8 heteroatoms. The number of carbonyl (C=O) groups is 1. The van der Waals surface area contributed by atoms with Crippen LogP contribution in [0.2, 0.25) is 0 Å². The van der Waals surface area contributed by atoms with Crippen molar-refractivity contribution in [1.29, 1.82) is 0 Å². The van der Waals surface area contributed by atoms with Crippen molar-refractivity contribution < 1.29 is 4.79 Å². The fourth-order valence-corrected chi connectivity index (χ4v) is 1.88. The van der Waals surface area contributed by atoms with Crippen molar-refractivity contribution in [1.82, 2.24) is 24.7 Å². The van der Waals surface area contributed by atoms with Gasteiger partial charge in [0.2, 0.25) is 0 Å². The maximum Gasteiger partial charge on any atom is 0.267 e. The van der Waals surface area contributed by atoms with Crippen molar-refractivity contribution in [3.05, 3.63) is 29.6 Å². The minimum Gasteiger partial charge on any atom is -0.364 e. The molecule has 1 aliphatic carbocycles. The molecule has 1 atom stereocenters. The maximum atomic E-state index is 11.2. The third-order valence-electron chi connectivity index (χ3n) is 3.08. The lowest BCUT2D eigenvalue weighted by molar-refractivity contribution is 0.0995. The third-order valence-corrected chi connectivity index (χ3v) is 3.08. The summed E-state index contributed by atoms with van der Waals surface area (Å²) in [5, 5.41) is 4.41. The zero-order valence-electron chi connectivity index (χ0n) is 11.0. The first-order valence-corrected chi connectivity index (χ1v) is 6.42. The molecule has 0 spiro atoms. The Labute approximate surface area is 115 Å². The highest BCUT2D eigenvalue weighted by Crippen LogP contribution is 2.38. The number of nitrogens with zero attached hydrogens (tertiary/aromatic N) is 5. The summed E-state index contributed by atoms with van der Waals surface area (Å²) in [4.78, 5) is 23.9. The average molecular weight is 273 g/mol. The second-order valence-electron chi connectivity index (χ2n) is 4.91. The molecular weight excluding hydrogens is 258 g/mol. The topological polar surface area (TPSA) is 126 Å². The second kappa shape index (κ2) is 4.64. The standard InChI is InChI=1S/C12H15N7O/c1-6(13)11-17-10(7-2-3-7)18-19(11)12-15-5-4-8(16-12)9(14)20/h4-7H,2-3,13H2,1H3,(H2,14,20)/t6-/m0/s1. The van der Waals surface area contributed by atoms with Crippen LogP contribution < -0.4 is 11.5 Å². The number of amides is 1. The van der Waals surface area contributed by atoms with Gasteiger partial charge in [-0.15, -0.1) is 5.10 Å². The molecule has 0 bridgehead atoms. The van der Waals surface area contributed by atoms with Crippen LogP contribution >= 0.6 is 0 Å². The summed E-state index contributed by atoms with van der Waals surface area (Å²) in [5.41, 5.74) is 11.3. The average Bonchev–Trinajstić information content (AvgIpc) is 3.17. The van der Waals surface area contributed by atoms with Crippen molar-refractivity contribution in [2.24, 2.45) is 11.5 Å². The largest absolute Gasteiger partial charge is 0.364 e. The van der Waals surface area contributed by atoms with E-state index in [-0.39, 0.29) is 17.7 Å². The molecule has 8 nitrogen and oxygen atoms in total. The van der Waals surface area contributed by atoms with Crippen LogP contribution in [-0.4, -0.2) is 30.6 Å². The monoisotopic (exact) mass is 273 g/mol. The minimum absolute atomic E-state index is 0.133. The number of hydrogen-bond acceptors (Lipinski definition) is 6. The molecule has 0 aliphatic heterocycles. The summed E-state index contributed by atoms with van der Waals surface area (Å²) in [6, 6.07) is 1.15. The molecule has 1 saturated carbocycles. The van der Waals surface area contributed by atoms with Gasteiger partial charge in [-0.05, 0) is 25.8 Å². The minimum atomic E-state index is -0.612. The number of aromatic nitrogens is 5. The molecule has 2 aromatic heterocycles. The smallest absolute Gasteiger partial charge is 0.267 e. The highest BCUT2D eigenvalue weighted by molar-refractivity contribution is 5.90. The molecule has 104 valence electrons. The van der Waals surface area contributed by atoms with Crippen LogP contribution in [0.3, 0.4) is 0 Å². The predicted molar refractivity (Wildman–Crippen MR) is 70.0 cm³/mol. The van der Waals surface area contributed by atoms with Crippen LogP contribution in [0.25, 0.3) is 5.95 Å². The molecular formula is C12H15N7O. The zero-order chi connectivity index (χ0) is 14.3. The Morgan fingerprint density at radius 3 is 2.80 bits per heavy atom. The summed E-state index contributed by atoms with van der Waals surface area (Å²) < 4.78 is 1.49. The van der Waals surface area contributed by atoms with E-state index in [1.54, 1.807) is 0 Å². The number of nitrogens with two attached hydrogens (primary N) is 2. The van der Waals surface area contributed by atoms with Crippen molar-refractivity contribution >= 4 is 5.91 Å². The summed E-state index contributed by atoms with van der Waals surface area (Å²) >= 11 is 0. The van der Waals surface area contributed by atoms with Gasteiger partial charge in [0.15, 0.2) is 11.6 Å². The Morgan fingerprint density at radius 2 is 2.20 bits per heavy atom. The first-order valence-electron chi connectivity index (χ1n) is 6.42. The van der Waals surface area contributed by atoms with Gasteiger partial charge in [0, 0.05) is 12.1 Å². The molecule has 3 rings (SSSR count). The molecule has 1 aliphatic rings. The quantitative estimate of drug-likeness (QED) is 0.810. The number of carbonyl (C=O) groups excluding carboxylic acids is 1. The molecule has 0 saturated heterocycles. The Bertz CT molecular complexity index is 660. The summed E-state index contributed by atoms with van der Waals surface area (Å²) in [5.74, 6) is 1.37. The Balaban J connectivity index is 2.08. The summed E-state index contributed by atoms with van der Waals surface area (Å²) in [6.45, 7) is 1.81. The molecule has 0 aromatic carbocycles. The van der Waals surface area contributed by atoms with E-state index in [4.69, 9.17) is 11.5 Å². The SMILES string of the molecule is C[C@H](N)c1nc(C2CC2)nn1-c1nccc(C(N)=O)n1. The van der Waals surface area contributed by atoms with Gasteiger partial charge < -0.3 is 11.5 Å². The molecule has 1 fully saturated rings. The third kappa shape index (κ3) is 2.25. The van der Waals surface area contributed by atoms with Crippen molar-refractivity contribution in [3.8, 4) is 5.95 Å². The van der Waals surface area contributed by atoms with Gasteiger partial charge in [0.05, 0.1) is 6.04 Å². The maximum absolute atomic E-state index is 11.2. The molecule has 1 amide bonds. The number of hydrogen-bond donors (Lipinski definition) is 2. The van der Waals surface area contributed by atoms with Gasteiger partial charge in [-0.25, -0.2) is 15.0 Å². The Hall–Kier alpha value is -2.35. The lowest BCUT2D eigenvalue weighted by Crippen LogP contribution is -2.18. The van der Waals surface area contributed by atoms with Crippen molar-refractivity contribution in [3.63, 3.8) is 0 Å². The summed E-state index contributed by atoms with van der Waals surface area (Å²) in [6.07, 6.45) is 3.64. The number of rotatable bonds is 4. The normalized spacial score (nSPS) is 16.1. The lowest BCUT2D eigenvalue weighted by Gasteiger charge is -2.06. The van der Waals surface area contributed by atoms with E-state index in [1.807, 2.05) is 6.92 Å². The highest BCUT2D eigenvalue weighted by Gasteiger charge is 2.30. The predicted octanol–water partition coefficient (Wildman–Crippen LogP) is 0.0533. The van der Waals surface area contributed by atoms with Crippen LogP contribution in [0.15, 0.2) is 12.3 Å². The van der Waals surface area contributed by atoms with Crippen LogP contribution in [-0.2, 0) is 0 Å². The van der Waals surface area contributed by atoms with E-state index in [0.29, 0.717) is 11.7 Å². The van der Waals surface area contributed by atoms with E-state index in [9.17, 15) is 4.79 Å². The van der Waals surface area contributed by atoms with Gasteiger partial charge in [-0.1, -0.05) is 0 Å². The van der Waals surface area contributed by atoms with E-state index in [2.05, 4.69) is 20.1 Å². The van der Waals surface area contributed by atoms with E-state index < -0.39 is 5.91 Å². The van der Waals surface area contributed by atoms with Crippen LogP contribution in [0.5, 0.6) is 0 Å². The second-order valence-corrected chi connectivity index (χ2v) is 4.91. The fourth-order valence-electron chi connectivity index (χ4n) is 1.88.